The van der Waals surface area contributed by atoms with Gasteiger partial charge in [-0.15, -0.1) is 0 Å². The molecule has 2 heterocycles. The van der Waals surface area contributed by atoms with E-state index in [9.17, 15) is 20.0 Å². The Kier molecular flexibility index (Phi) is 4.47. The third-order valence-electron chi connectivity index (χ3n) is 4.19. The van der Waals surface area contributed by atoms with Crippen LogP contribution in [0.25, 0.3) is 11.0 Å². The summed E-state index contributed by atoms with van der Waals surface area (Å²) in [5, 5.41) is 20.9. The largest absolute Gasteiger partial charge is 0.481 e. The van der Waals surface area contributed by atoms with E-state index in [2.05, 4.69) is 4.98 Å². The lowest BCUT2D eigenvalue weighted by Crippen LogP contribution is -2.08. The van der Waals surface area contributed by atoms with Crippen molar-refractivity contribution < 1.29 is 14.8 Å². The smallest absolute Gasteiger partial charge is 0.307 e. The molecule has 0 unspecified atom stereocenters. The molecule has 0 radical (unpaired) electrons. The summed E-state index contributed by atoms with van der Waals surface area (Å²) in [7, 11) is 0. The Morgan fingerprint density at radius 1 is 1.28 bits per heavy atom. The van der Waals surface area contributed by atoms with Gasteiger partial charge < -0.3 is 9.67 Å². The number of carboxylic acids is 1. The molecule has 0 amide bonds. The zero-order valence-corrected chi connectivity index (χ0v) is 13.7. The van der Waals surface area contributed by atoms with Gasteiger partial charge in [-0.3, -0.25) is 14.9 Å². The Balaban J connectivity index is 2.08. The summed E-state index contributed by atoms with van der Waals surface area (Å²) >= 11 is 0. The normalized spacial score (nSPS) is 10.9. The van der Waals surface area contributed by atoms with Gasteiger partial charge in [-0.1, -0.05) is 19.1 Å². The zero-order valence-electron chi connectivity index (χ0n) is 13.7. The molecule has 7 heteroatoms. The molecular weight excluding hydrogens is 322 g/mol. The first-order valence-corrected chi connectivity index (χ1v) is 7.91. The number of fused-ring (bicyclic) bond motifs is 1. The van der Waals surface area contributed by atoms with E-state index in [0.717, 1.165) is 27.9 Å². The number of hydrogen-bond donors (Lipinski definition) is 1. The van der Waals surface area contributed by atoms with E-state index in [0.29, 0.717) is 13.0 Å². The lowest BCUT2D eigenvalue weighted by molar-refractivity contribution is -0.384. The average Bonchev–Trinajstić information content (AvgIpc) is 2.88. The first kappa shape index (κ1) is 16.6. The highest BCUT2D eigenvalue weighted by molar-refractivity contribution is 5.86. The number of hydrogen-bond acceptors (Lipinski definition) is 4. The predicted octanol–water partition coefficient (Wildman–Crippen LogP) is 3.18. The van der Waals surface area contributed by atoms with Crippen molar-refractivity contribution in [3.63, 3.8) is 0 Å². The number of aliphatic carboxylic acids is 1. The van der Waals surface area contributed by atoms with Gasteiger partial charge in [0.2, 0.25) is 0 Å². The number of carboxylic acid groups (broad SMARTS) is 1. The van der Waals surface area contributed by atoms with Gasteiger partial charge in [0.05, 0.1) is 11.3 Å². The molecule has 0 spiro atoms. The van der Waals surface area contributed by atoms with Crippen molar-refractivity contribution in [2.45, 2.75) is 26.3 Å². The third kappa shape index (κ3) is 3.21. The molecule has 0 bridgehead atoms. The van der Waals surface area contributed by atoms with Crippen LogP contribution in [0.4, 0.5) is 5.69 Å². The quantitative estimate of drug-likeness (QED) is 0.549. The summed E-state index contributed by atoms with van der Waals surface area (Å²) in [4.78, 5) is 26.0. The predicted molar refractivity (Wildman–Crippen MR) is 92.6 cm³/mol. The maximum atomic E-state index is 11.3. The Morgan fingerprint density at radius 2 is 2.00 bits per heavy atom. The molecule has 25 heavy (non-hydrogen) atoms. The Bertz CT molecular complexity index is 945. The summed E-state index contributed by atoms with van der Waals surface area (Å²) < 4.78 is 1.99. The highest BCUT2D eigenvalue weighted by Crippen LogP contribution is 2.27. The highest BCUT2D eigenvalue weighted by Gasteiger charge is 2.19. The van der Waals surface area contributed by atoms with Crippen LogP contribution in [-0.4, -0.2) is 25.6 Å². The minimum atomic E-state index is -0.882. The average molecular weight is 339 g/mol. The molecule has 128 valence electrons. The van der Waals surface area contributed by atoms with Crippen molar-refractivity contribution in [3.05, 3.63) is 69.5 Å². The molecule has 0 aliphatic heterocycles. The molecule has 0 fully saturated rings. The number of nitrogens with zero attached hydrogens (tertiary/aromatic N) is 3. The van der Waals surface area contributed by atoms with Crippen molar-refractivity contribution in [1.29, 1.82) is 0 Å². The van der Waals surface area contributed by atoms with Crippen LogP contribution in [-0.2, 0) is 24.2 Å². The summed E-state index contributed by atoms with van der Waals surface area (Å²) in [5.41, 5.74) is 3.37. The molecule has 1 aromatic carbocycles. The second-order valence-electron chi connectivity index (χ2n) is 5.73. The molecule has 2 aromatic heterocycles. The van der Waals surface area contributed by atoms with Gasteiger partial charge in [0.25, 0.3) is 5.69 Å². The summed E-state index contributed by atoms with van der Waals surface area (Å²) in [6.45, 7) is 2.46. The number of rotatable bonds is 6. The first-order valence-electron chi connectivity index (χ1n) is 7.91. The monoisotopic (exact) mass is 339 g/mol. The number of pyridine rings is 1. The third-order valence-corrected chi connectivity index (χ3v) is 4.19. The number of non-ortho nitro benzene ring substituents is 1. The van der Waals surface area contributed by atoms with Crippen LogP contribution < -0.4 is 0 Å². The van der Waals surface area contributed by atoms with Crippen LogP contribution in [0.1, 0.15) is 23.7 Å². The number of nitro benzene ring substituents is 1. The minimum Gasteiger partial charge on any atom is -0.481 e. The van der Waals surface area contributed by atoms with E-state index in [1.807, 2.05) is 17.6 Å². The fourth-order valence-electron chi connectivity index (χ4n) is 3.12. The molecule has 0 saturated carbocycles. The molecule has 1 N–H and O–H groups in total. The van der Waals surface area contributed by atoms with E-state index in [4.69, 9.17) is 0 Å². The van der Waals surface area contributed by atoms with Crippen LogP contribution in [0.5, 0.6) is 0 Å². The molecule has 7 nitrogen and oxygen atoms in total. The number of aromatic nitrogens is 2. The van der Waals surface area contributed by atoms with Gasteiger partial charge >= 0.3 is 5.97 Å². The van der Waals surface area contributed by atoms with E-state index in [1.165, 1.54) is 12.1 Å². The standard InChI is InChI=1S/C18H17N3O4/c1-2-16-15(10-17(22)23)14-4-3-9-19-18(14)20(16)11-12-5-7-13(8-6-12)21(24)25/h3-9H,2,10-11H2,1H3,(H,22,23). The topological polar surface area (TPSA) is 98.3 Å². The number of benzene rings is 1. The lowest BCUT2D eigenvalue weighted by Gasteiger charge is -2.10. The van der Waals surface area contributed by atoms with Gasteiger partial charge in [-0.2, -0.15) is 0 Å². The van der Waals surface area contributed by atoms with Crippen LogP contribution >= 0.6 is 0 Å². The SMILES string of the molecule is CCc1c(CC(=O)O)c2cccnc2n1Cc1ccc([N+](=O)[O-])cc1. The van der Waals surface area contributed by atoms with Crippen molar-refractivity contribution in [2.24, 2.45) is 0 Å². The molecule has 3 aromatic rings. The van der Waals surface area contributed by atoms with Crippen molar-refractivity contribution in [1.82, 2.24) is 9.55 Å². The molecule has 0 aliphatic rings. The maximum Gasteiger partial charge on any atom is 0.307 e. The Morgan fingerprint density at radius 3 is 2.60 bits per heavy atom. The van der Waals surface area contributed by atoms with Crippen molar-refractivity contribution in [2.75, 3.05) is 0 Å². The first-order chi connectivity index (χ1) is 12.0. The van der Waals surface area contributed by atoms with E-state index >= 15 is 0 Å². The summed E-state index contributed by atoms with van der Waals surface area (Å²) in [6.07, 6.45) is 2.29. The molecule has 0 atom stereocenters. The van der Waals surface area contributed by atoms with Crippen molar-refractivity contribution >= 4 is 22.7 Å². The summed E-state index contributed by atoms with van der Waals surface area (Å²) in [6, 6.07) is 10.0. The number of nitro groups is 1. The maximum absolute atomic E-state index is 11.3. The molecule has 3 rings (SSSR count). The van der Waals surface area contributed by atoms with E-state index < -0.39 is 10.9 Å². The second kappa shape index (κ2) is 6.72. The van der Waals surface area contributed by atoms with E-state index in [-0.39, 0.29) is 12.1 Å². The Hall–Kier alpha value is -3.22. The van der Waals surface area contributed by atoms with E-state index in [1.54, 1.807) is 24.4 Å². The van der Waals surface area contributed by atoms with Gasteiger partial charge in [-0.05, 0) is 29.7 Å². The van der Waals surface area contributed by atoms with Gasteiger partial charge in [0.15, 0.2) is 0 Å². The molecular formula is C18H17N3O4. The minimum absolute atomic E-state index is 0.0431. The van der Waals surface area contributed by atoms with Crippen molar-refractivity contribution in [3.8, 4) is 0 Å². The van der Waals surface area contributed by atoms with Crippen LogP contribution in [0, 0.1) is 10.1 Å². The fraction of sp³-hybridized carbons (Fsp3) is 0.222. The van der Waals surface area contributed by atoms with Crippen LogP contribution in [0.2, 0.25) is 0 Å². The van der Waals surface area contributed by atoms with Gasteiger partial charge in [0.1, 0.15) is 5.65 Å². The van der Waals surface area contributed by atoms with Crippen LogP contribution in [0.3, 0.4) is 0 Å². The van der Waals surface area contributed by atoms with Crippen LogP contribution in [0.15, 0.2) is 42.6 Å². The molecule has 0 saturated heterocycles. The van der Waals surface area contributed by atoms with Gasteiger partial charge in [-0.25, -0.2) is 4.98 Å². The molecule has 0 aliphatic carbocycles. The fourth-order valence-corrected chi connectivity index (χ4v) is 3.12. The zero-order chi connectivity index (χ0) is 18.0. The lowest BCUT2D eigenvalue weighted by atomic mass is 10.1. The Labute approximate surface area is 143 Å². The van der Waals surface area contributed by atoms with Gasteiger partial charge in [0, 0.05) is 36.0 Å². The second-order valence-corrected chi connectivity index (χ2v) is 5.73. The summed E-state index contributed by atoms with van der Waals surface area (Å²) in [5.74, 6) is -0.882. The highest BCUT2D eigenvalue weighted by atomic mass is 16.6. The number of carbonyl (C=O) groups is 1.